The van der Waals surface area contributed by atoms with Crippen LogP contribution in [0, 0.1) is 6.92 Å². The van der Waals surface area contributed by atoms with Gasteiger partial charge in [-0.15, -0.1) is 0 Å². The first-order chi connectivity index (χ1) is 8.97. The van der Waals surface area contributed by atoms with Gasteiger partial charge in [-0.05, 0) is 30.7 Å². The van der Waals surface area contributed by atoms with Crippen molar-refractivity contribution >= 4 is 46.4 Å². The van der Waals surface area contributed by atoms with Gasteiger partial charge in [-0.3, -0.25) is 4.79 Å². The van der Waals surface area contributed by atoms with Gasteiger partial charge in [0.1, 0.15) is 10.3 Å². The molecule has 0 saturated heterocycles. The lowest BCUT2D eigenvalue weighted by atomic mass is 10.2. The van der Waals surface area contributed by atoms with Gasteiger partial charge in [0, 0.05) is 6.20 Å². The van der Waals surface area contributed by atoms with Crippen LogP contribution >= 0.6 is 34.8 Å². The minimum absolute atomic E-state index is 0.139. The molecule has 2 rings (SSSR count). The molecular weight excluding hydrogens is 309 g/mol. The second kappa shape index (κ2) is 5.74. The Labute approximate surface area is 124 Å². The van der Waals surface area contributed by atoms with Crippen LogP contribution in [-0.4, -0.2) is 15.9 Å². The third-order valence-corrected chi connectivity index (χ3v) is 3.06. The first-order valence-corrected chi connectivity index (χ1v) is 6.36. The molecule has 0 fully saturated rings. The second-order valence-corrected chi connectivity index (χ2v) is 4.88. The average molecular weight is 317 g/mol. The molecular formula is C12H8Cl3N3O. The number of aromatic nitrogens is 2. The van der Waals surface area contributed by atoms with Crippen LogP contribution in [0.15, 0.2) is 24.4 Å². The molecule has 7 heteroatoms. The van der Waals surface area contributed by atoms with Crippen LogP contribution in [0.4, 0.5) is 5.69 Å². The highest BCUT2D eigenvalue weighted by Gasteiger charge is 2.12. The number of nitrogens with zero attached hydrogens (tertiary/aromatic N) is 2. The maximum atomic E-state index is 12.0. The smallest absolute Gasteiger partial charge is 0.257 e. The van der Waals surface area contributed by atoms with Crippen LogP contribution < -0.4 is 5.32 Å². The predicted octanol–water partition coefficient (Wildman–Crippen LogP) is 4.00. The number of halogens is 3. The molecule has 1 N–H and O–H groups in total. The normalized spacial score (nSPS) is 10.3. The van der Waals surface area contributed by atoms with E-state index in [9.17, 15) is 4.79 Å². The number of nitrogens with one attached hydrogen (secondary N) is 1. The highest BCUT2D eigenvalue weighted by molar-refractivity contribution is 6.35. The van der Waals surface area contributed by atoms with Gasteiger partial charge < -0.3 is 5.32 Å². The number of pyridine rings is 2. The molecule has 2 aromatic rings. The maximum Gasteiger partial charge on any atom is 0.257 e. The number of carbonyl (C=O) groups excluding carboxylic acids is 1. The van der Waals surface area contributed by atoms with Gasteiger partial charge >= 0.3 is 0 Å². The SMILES string of the molecule is Cc1cc(Cl)nc(Cl)c1NC(=O)c1ccc(Cl)nc1. The van der Waals surface area contributed by atoms with E-state index < -0.39 is 0 Å². The maximum absolute atomic E-state index is 12.0. The quantitative estimate of drug-likeness (QED) is 0.852. The van der Waals surface area contributed by atoms with Gasteiger partial charge in [0.05, 0.1) is 11.3 Å². The van der Waals surface area contributed by atoms with E-state index in [4.69, 9.17) is 34.8 Å². The molecule has 0 aromatic carbocycles. The first-order valence-electron chi connectivity index (χ1n) is 5.23. The summed E-state index contributed by atoms with van der Waals surface area (Å²) >= 11 is 17.4. The zero-order chi connectivity index (χ0) is 14.0. The summed E-state index contributed by atoms with van der Waals surface area (Å²) in [4.78, 5) is 19.7. The van der Waals surface area contributed by atoms with Crippen LogP contribution in [0.3, 0.4) is 0 Å². The Kier molecular flexibility index (Phi) is 4.24. The van der Waals surface area contributed by atoms with Gasteiger partial charge in [-0.1, -0.05) is 34.8 Å². The highest BCUT2D eigenvalue weighted by atomic mass is 35.5. The Bertz CT molecular complexity index is 606. The van der Waals surface area contributed by atoms with Crippen molar-refractivity contribution in [3.8, 4) is 0 Å². The van der Waals surface area contributed by atoms with Crippen molar-refractivity contribution in [1.82, 2.24) is 9.97 Å². The van der Waals surface area contributed by atoms with Crippen molar-refractivity contribution in [2.24, 2.45) is 0 Å². The molecule has 0 spiro atoms. The molecule has 4 nitrogen and oxygen atoms in total. The summed E-state index contributed by atoms with van der Waals surface area (Å²) in [5.41, 5.74) is 1.51. The molecule has 98 valence electrons. The lowest BCUT2D eigenvalue weighted by Gasteiger charge is -2.10. The lowest BCUT2D eigenvalue weighted by molar-refractivity contribution is 0.102. The van der Waals surface area contributed by atoms with Crippen molar-refractivity contribution < 1.29 is 4.79 Å². The summed E-state index contributed by atoms with van der Waals surface area (Å²) in [6.07, 6.45) is 1.38. The molecule has 0 aliphatic rings. The summed E-state index contributed by atoms with van der Waals surface area (Å²) in [5.74, 6) is -0.349. The van der Waals surface area contributed by atoms with Gasteiger partial charge in [-0.2, -0.15) is 0 Å². The van der Waals surface area contributed by atoms with E-state index in [1.807, 2.05) is 0 Å². The molecule has 0 unspecified atom stereocenters. The van der Waals surface area contributed by atoms with Crippen molar-refractivity contribution in [1.29, 1.82) is 0 Å². The first kappa shape index (κ1) is 14.1. The van der Waals surface area contributed by atoms with Crippen molar-refractivity contribution in [3.05, 3.63) is 51.0 Å². The second-order valence-electron chi connectivity index (χ2n) is 3.75. The van der Waals surface area contributed by atoms with Gasteiger partial charge in [0.25, 0.3) is 5.91 Å². The van der Waals surface area contributed by atoms with Gasteiger partial charge in [0.15, 0.2) is 5.15 Å². The van der Waals surface area contributed by atoms with Crippen LogP contribution in [0.5, 0.6) is 0 Å². The molecule has 0 atom stereocenters. The fourth-order valence-electron chi connectivity index (χ4n) is 1.44. The highest BCUT2D eigenvalue weighted by Crippen LogP contribution is 2.26. The number of carbonyl (C=O) groups is 1. The van der Waals surface area contributed by atoms with E-state index in [2.05, 4.69) is 15.3 Å². The molecule has 19 heavy (non-hydrogen) atoms. The number of rotatable bonds is 2. The Morgan fingerprint density at radius 3 is 2.53 bits per heavy atom. The molecule has 0 saturated carbocycles. The van der Waals surface area contributed by atoms with Crippen LogP contribution in [0.25, 0.3) is 0 Å². The van der Waals surface area contributed by atoms with Crippen molar-refractivity contribution in [2.45, 2.75) is 6.92 Å². The number of aryl methyl sites for hydroxylation is 1. The Balaban J connectivity index is 2.26. The zero-order valence-electron chi connectivity index (χ0n) is 9.75. The Morgan fingerprint density at radius 2 is 1.95 bits per heavy atom. The molecule has 0 aliphatic carbocycles. The van der Waals surface area contributed by atoms with E-state index in [1.54, 1.807) is 19.1 Å². The Morgan fingerprint density at radius 1 is 1.21 bits per heavy atom. The molecule has 1 amide bonds. The van der Waals surface area contributed by atoms with E-state index in [1.165, 1.54) is 12.3 Å². The summed E-state index contributed by atoms with van der Waals surface area (Å²) in [7, 11) is 0. The van der Waals surface area contributed by atoms with E-state index in [0.717, 1.165) is 5.56 Å². The molecule has 2 aromatic heterocycles. The van der Waals surface area contributed by atoms with E-state index in [0.29, 0.717) is 16.4 Å². The predicted molar refractivity (Wildman–Crippen MR) is 76.2 cm³/mol. The van der Waals surface area contributed by atoms with Crippen molar-refractivity contribution in [2.75, 3.05) is 5.32 Å². The van der Waals surface area contributed by atoms with Crippen LogP contribution in [0.1, 0.15) is 15.9 Å². The minimum atomic E-state index is -0.349. The summed E-state index contributed by atoms with van der Waals surface area (Å²) in [5, 5.41) is 3.40. The van der Waals surface area contributed by atoms with Crippen LogP contribution in [-0.2, 0) is 0 Å². The number of amides is 1. The molecule has 2 heterocycles. The lowest BCUT2D eigenvalue weighted by Crippen LogP contribution is -2.13. The third kappa shape index (κ3) is 3.35. The third-order valence-electron chi connectivity index (χ3n) is 2.37. The number of hydrogen-bond acceptors (Lipinski definition) is 3. The monoisotopic (exact) mass is 315 g/mol. The zero-order valence-corrected chi connectivity index (χ0v) is 12.0. The fourth-order valence-corrected chi connectivity index (χ4v) is 2.13. The number of hydrogen-bond donors (Lipinski definition) is 1. The topological polar surface area (TPSA) is 54.9 Å². The average Bonchev–Trinajstić information content (AvgIpc) is 2.34. The Hall–Kier alpha value is -1.36. The molecule has 0 radical (unpaired) electrons. The van der Waals surface area contributed by atoms with Gasteiger partial charge in [-0.25, -0.2) is 9.97 Å². The summed E-state index contributed by atoms with van der Waals surface area (Å²) in [6.45, 7) is 1.77. The molecule has 0 bridgehead atoms. The van der Waals surface area contributed by atoms with E-state index in [-0.39, 0.29) is 16.2 Å². The summed E-state index contributed by atoms with van der Waals surface area (Å²) < 4.78 is 0. The minimum Gasteiger partial charge on any atom is -0.319 e. The fraction of sp³-hybridized carbons (Fsp3) is 0.0833. The van der Waals surface area contributed by atoms with Crippen LogP contribution in [0.2, 0.25) is 15.5 Å². The standard InChI is InChI=1S/C12H8Cl3N3O/c1-6-4-9(14)17-11(15)10(6)18-12(19)7-2-3-8(13)16-5-7/h2-5H,1H3,(H,18,19). The van der Waals surface area contributed by atoms with Gasteiger partial charge in [0.2, 0.25) is 0 Å². The van der Waals surface area contributed by atoms with E-state index >= 15 is 0 Å². The number of anilines is 1. The largest absolute Gasteiger partial charge is 0.319 e. The summed E-state index contributed by atoms with van der Waals surface area (Å²) in [6, 6.07) is 4.71. The molecule has 0 aliphatic heterocycles. The van der Waals surface area contributed by atoms with Crippen molar-refractivity contribution in [3.63, 3.8) is 0 Å².